The van der Waals surface area contributed by atoms with Gasteiger partial charge in [-0.1, -0.05) is 6.07 Å². The minimum absolute atomic E-state index is 0.00608. The molecule has 0 bridgehead atoms. The van der Waals surface area contributed by atoms with Gasteiger partial charge < -0.3 is 64.7 Å². The van der Waals surface area contributed by atoms with Crippen molar-refractivity contribution >= 4 is 58.5 Å². The number of nitro benzene ring substituents is 1. The number of carbonyl (C=O) groups is 6. The number of phenolic OH excluding ortho intramolecular Hbond substituents is 2. The number of benzene rings is 5. The number of nitrogens with one attached hydrogen (secondary N) is 1. The van der Waals surface area contributed by atoms with Crippen LogP contribution >= 0.6 is 0 Å². The van der Waals surface area contributed by atoms with Crippen molar-refractivity contribution in [3.05, 3.63) is 128 Å². The third-order valence-corrected chi connectivity index (χ3v) is 10.2. The molecule has 22 nitrogen and oxygen atoms in total. The van der Waals surface area contributed by atoms with E-state index < -0.39 is 114 Å². The minimum Gasteiger partial charge on any atom is -0.505 e. The van der Waals surface area contributed by atoms with Crippen LogP contribution in [0.25, 0.3) is 0 Å². The van der Waals surface area contributed by atoms with Gasteiger partial charge in [-0.2, -0.15) is 0 Å². The SMILES string of the molecule is O=C(O)CN(CC(=O)O)c1ccc(NC(=O)c2ccc3c(c2)C(=O)OC32c3cc(F)c(O)cc3Oc3cc(O)c(F)cc32)cc1OCCOc1ccc([N+](=O)[O-])cc1N(CC(=O)O)CC(=O)O. The van der Waals surface area contributed by atoms with Gasteiger partial charge in [0.2, 0.25) is 0 Å². The number of halogens is 2. The number of phenols is 2. The van der Waals surface area contributed by atoms with Crippen LogP contribution in [0.15, 0.2) is 78.9 Å². The van der Waals surface area contributed by atoms with E-state index in [1.165, 1.54) is 30.3 Å². The van der Waals surface area contributed by atoms with Crippen LogP contribution < -0.4 is 29.3 Å². The Kier molecular flexibility index (Phi) is 12.4. The number of nitrogens with zero attached hydrogens (tertiary/aromatic N) is 3. The lowest BCUT2D eigenvalue weighted by atomic mass is 9.77. The number of nitro groups is 1. The lowest BCUT2D eigenvalue weighted by molar-refractivity contribution is -0.384. The summed E-state index contributed by atoms with van der Waals surface area (Å²) in [6, 6.07) is 13.9. The summed E-state index contributed by atoms with van der Waals surface area (Å²) < 4.78 is 53.0. The van der Waals surface area contributed by atoms with Crippen molar-refractivity contribution in [2.75, 3.05) is 54.5 Å². The van der Waals surface area contributed by atoms with Gasteiger partial charge >= 0.3 is 29.8 Å². The number of anilines is 3. The van der Waals surface area contributed by atoms with Gasteiger partial charge in [-0.3, -0.25) is 34.1 Å². The molecular weight excluding hydrogens is 898 g/mol. The van der Waals surface area contributed by atoms with Crippen molar-refractivity contribution in [2.24, 2.45) is 0 Å². The van der Waals surface area contributed by atoms with E-state index in [4.69, 9.17) is 18.9 Å². The van der Waals surface area contributed by atoms with E-state index in [1.54, 1.807) is 0 Å². The standard InChI is InChI=1S/C43H32F2N4O18/c44-27-12-25-34(14-31(27)50)66-35-15-32(51)28(45)13-26(35)43(25)24-4-1-20(9-23(24)42(61)67-43)41(60)46-21-2-5-29(47(16-37(52)53)17-38(54)55)36(10-21)65-8-7-64-33-6-3-22(49(62)63)11-30(33)48(18-39(56)57)19-40(58)59/h1-6,9-15,50-51H,7-8,16-19H2,(H,46,60)(H,52,53)(H,54,55)(H,56,57)(H,58,59). The Bertz CT molecular complexity index is 2840. The predicted octanol–water partition coefficient (Wildman–Crippen LogP) is 4.51. The highest BCUT2D eigenvalue weighted by Crippen LogP contribution is 2.57. The monoisotopic (exact) mass is 930 g/mol. The Morgan fingerprint density at radius 3 is 1.75 bits per heavy atom. The van der Waals surface area contributed by atoms with Crippen LogP contribution in [0.2, 0.25) is 0 Å². The molecule has 5 aromatic rings. The third kappa shape index (κ3) is 9.24. The zero-order valence-electron chi connectivity index (χ0n) is 33.9. The summed E-state index contributed by atoms with van der Waals surface area (Å²) in [6.45, 7) is -4.32. The van der Waals surface area contributed by atoms with Crippen molar-refractivity contribution in [3.8, 4) is 34.5 Å². The topological polar surface area (TPSA) is 322 Å². The molecule has 2 aliphatic rings. The normalized spacial score (nSPS) is 12.7. The average molecular weight is 931 g/mol. The molecule has 0 saturated carbocycles. The Balaban J connectivity index is 1.18. The summed E-state index contributed by atoms with van der Waals surface area (Å²) in [6.07, 6.45) is 0. The van der Waals surface area contributed by atoms with Gasteiger partial charge in [-0.15, -0.1) is 0 Å². The van der Waals surface area contributed by atoms with E-state index >= 15 is 0 Å². The third-order valence-electron chi connectivity index (χ3n) is 10.2. The molecule has 0 atom stereocenters. The molecule has 24 heteroatoms. The second-order valence-electron chi connectivity index (χ2n) is 14.6. The number of aliphatic carboxylic acids is 4. The highest BCUT2D eigenvalue weighted by Gasteiger charge is 2.54. The fourth-order valence-corrected chi connectivity index (χ4v) is 7.45. The number of hydrogen-bond donors (Lipinski definition) is 7. The zero-order valence-corrected chi connectivity index (χ0v) is 33.9. The number of hydrogen-bond acceptors (Lipinski definition) is 16. The van der Waals surface area contributed by atoms with Gasteiger partial charge in [0.25, 0.3) is 11.6 Å². The van der Waals surface area contributed by atoms with Gasteiger partial charge in [0, 0.05) is 47.1 Å². The molecule has 0 aliphatic carbocycles. The number of non-ortho nitro benzene ring substituents is 1. The van der Waals surface area contributed by atoms with Crippen LogP contribution in [0.4, 0.5) is 31.5 Å². The van der Waals surface area contributed by atoms with Crippen LogP contribution in [0.5, 0.6) is 34.5 Å². The van der Waals surface area contributed by atoms with Crippen LogP contribution in [0.3, 0.4) is 0 Å². The Morgan fingerprint density at radius 2 is 1.21 bits per heavy atom. The Morgan fingerprint density at radius 1 is 0.672 bits per heavy atom. The number of fused-ring (bicyclic) bond motifs is 6. The molecule has 5 aromatic carbocycles. The van der Waals surface area contributed by atoms with Crippen molar-refractivity contribution < 1.29 is 92.1 Å². The number of amides is 1. The van der Waals surface area contributed by atoms with E-state index in [9.17, 15) is 78.3 Å². The van der Waals surface area contributed by atoms with Crippen molar-refractivity contribution in [3.63, 3.8) is 0 Å². The van der Waals surface area contributed by atoms with Crippen LogP contribution in [-0.4, -0.2) is 111 Å². The van der Waals surface area contributed by atoms with E-state index in [0.717, 1.165) is 58.3 Å². The first kappa shape index (κ1) is 45.8. The average Bonchev–Trinajstić information content (AvgIpc) is 3.54. The number of carbonyl (C=O) groups excluding carboxylic acids is 2. The van der Waals surface area contributed by atoms with Gasteiger partial charge in [0.05, 0.1) is 33.0 Å². The van der Waals surface area contributed by atoms with Gasteiger partial charge in [0.15, 0.2) is 28.7 Å². The first-order chi connectivity index (χ1) is 31.7. The van der Waals surface area contributed by atoms with E-state index in [-0.39, 0.29) is 67.9 Å². The number of esters is 1. The summed E-state index contributed by atoms with van der Waals surface area (Å²) in [5.74, 6) is -12.4. The molecule has 0 unspecified atom stereocenters. The fraction of sp³-hybridized carbons (Fsp3) is 0.163. The maximum Gasteiger partial charge on any atom is 0.340 e. The molecule has 2 heterocycles. The summed E-state index contributed by atoms with van der Waals surface area (Å²) in [4.78, 5) is 86.5. The van der Waals surface area contributed by atoms with Gasteiger partial charge in [-0.25, -0.2) is 13.6 Å². The number of carboxylic acid groups (broad SMARTS) is 4. The first-order valence-electron chi connectivity index (χ1n) is 19.2. The molecule has 1 spiro atoms. The second kappa shape index (κ2) is 18.1. The summed E-state index contributed by atoms with van der Waals surface area (Å²) >= 11 is 0. The molecule has 7 N–H and O–H groups in total. The molecule has 0 fully saturated rings. The lowest BCUT2D eigenvalue weighted by Gasteiger charge is -2.36. The minimum atomic E-state index is -2.09. The predicted molar refractivity (Wildman–Crippen MR) is 221 cm³/mol. The maximum atomic E-state index is 14.9. The Hall–Kier alpha value is -9.22. The highest BCUT2D eigenvalue weighted by molar-refractivity contribution is 6.07. The van der Waals surface area contributed by atoms with Gasteiger partial charge in [0.1, 0.15) is 62.4 Å². The van der Waals surface area contributed by atoms with Crippen molar-refractivity contribution in [1.82, 2.24) is 0 Å². The molecule has 0 aromatic heterocycles. The lowest BCUT2D eigenvalue weighted by Crippen LogP contribution is -2.35. The second-order valence-corrected chi connectivity index (χ2v) is 14.6. The smallest absolute Gasteiger partial charge is 0.340 e. The number of rotatable bonds is 18. The van der Waals surface area contributed by atoms with E-state index in [2.05, 4.69) is 5.32 Å². The molecule has 67 heavy (non-hydrogen) atoms. The molecule has 0 radical (unpaired) electrons. The summed E-state index contributed by atoms with van der Waals surface area (Å²) in [5, 5.41) is 72.2. The van der Waals surface area contributed by atoms with Crippen LogP contribution in [0.1, 0.15) is 37.4 Å². The molecule has 2 aliphatic heterocycles. The molecular formula is C43H32F2N4O18. The Labute approximate surface area is 373 Å². The largest absolute Gasteiger partial charge is 0.505 e. The first-order valence-corrected chi connectivity index (χ1v) is 19.2. The number of carboxylic acids is 4. The molecule has 346 valence electrons. The quantitative estimate of drug-likeness (QED) is 0.0275. The molecule has 1 amide bonds. The van der Waals surface area contributed by atoms with Crippen LogP contribution in [0, 0.1) is 21.7 Å². The number of ether oxygens (including phenoxy) is 4. The fourth-order valence-electron chi connectivity index (χ4n) is 7.45. The van der Waals surface area contributed by atoms with Crippen molar-refractivity contribution in [2.45, 2.75) is 5.60 Å². The van der Waals surface area contributed by atoms with Crippen LogP contribution in [-0.2, 0) is 29.5 Å². The zero-order chi connectivity index (χ0) is 48.5. The number of aromatic hydroxyl groups is 2. The van der Waals surface area contributed by atoms with E-state index in [1.807, 2.05) is 0 Å². The molecule has 0 saturated heterocycles. The maximum absolute atomic E-state index is 14.9. The summed E-state index contributed by atoms with van der Waals surface area (Å²) in [5.41, 5.74) is -3.69. The summed E-state index contributed by atoms with van der Waals surface area (Å²) in [7, 11) is 0. The van der Waals surface area contributed by atoms with E-state index in [0.29, 0.717) is 0 Å². The highest BCUT2D eigenvalue weighted by atomic mass is 19.1. The van der Waals surface area contributed by atoms with Gasteiger partial charge in [-0.05, 0) is 42.5 Å². The molecule has 7 rings (SSSR count). The van der Waals surface area contributed by atoms with Crippen molar-refractivity contribution in [1.29, 1.82) is 0 Å².